The molecule has 116 valence electrons. The Morgan fingerprint density at radius 3 is 3.00 bits per heavy atom. The van der Waals surface area contributed by atoms with E-state index in [4.69, 9.17) is 11.6 Å². The van der Waals surface area contributed by atoms with Crippen LogP contribution in [-0.2, 0) is 6.54 Å². The number of imidazole rings is 1. The number of aromatic nitrogens is 5. The molecule has 0 aliphatic rings. The van der Waals surface area contributed by atoms with Gasteiger partial charge in [-0.25, -0.2) is 9.97 Å². The molecular formula is C15H12ClIN6. The fourth-order valence-electron chi connectivity index (χ4n) is 2.50. The van der Waals surface area contributed by atoms with E-state index in [9.17, 15) is 0 Å². The van der Waals surface area contributed by atoms with Crippen LogP contribution in [0.25, 0.3) is 11.3 Å². The van der Waals surface area contributed by atoms with Crippen LogP contribution in [0.15, 0.2) is 36.8 Å². The highest BCUT2D eigenvalue weighted by molar-refractivity contribution is 14.1. The van der Waals surface area contributed by atoms with Gasteiger partial charge in [-0.2, -0.15) is 9.61 Å². The Labute approximate surface area is 150 Å². The minimum atomic E-state index is 0.435. The van der Waals surface area contributed by atoms with Crippen molar-refractivity contribution >= 4 is 51.3 Å². The lowest BCUT2D eigenvalue weighted by molar-refractivity contribution is 0.920. The number of fused-ring (bicyclic) bond motifs is 2. The molecule has 0 radical (unpaired) electrons. The minimum absolute atomic E-state index is 0.435. The fraction of sp³-hybridized carbons (Fsp3) is 0.133. The maximum Gasteiger partial charge on any atom is 0.172 e. The molecule has 0 saturated carbocycles. The molecule has 1 N–H and O–H groups in total. The first-order valence-corrected chi connectivity index (χ1v) is 8.44. The number of halogens is 2. The highest BCUT2D eigenvalue weighted by Crippen LogP contribution is 2.20. The van der Waals surface area contributed by atoms with Gasteiger partial charge in [0.05, 0.1) is 22.0 Å². The summed E-state index contributed by atoms with van der Waals surface area (Å²) in [4.78, 5) is 8.95. The van der Waals surface area contributed by atoms with Crippen LogP contribution in [0.1, 0.15) is 11.3 Å². The normalized spacial score (nSPS) is 11.4. The van der Waals surface area contributed by atoms with Crippen molar-refractivity contribution in [2.24, 2.45) is 0 Å². The predicted octanol–water partition coefficient (Wildman–Crippen LogP) is 3.56. The predicted molar refractivity (Wildman–Crippen MR) is 98.0 cm³/mol. The van der Waals surface area contributed by atoms with Gasteiger partial charge in [-0.05, 0) is 41.1 Å². The van der Waals surface area contributed by atoms with Crippen molar-refractivity contribution in [1.82, 2.24) is 24.0 Å². The standard InChI is InChI=1S/C15H12ClIN6/c1-9-3-2-4-22-8-10(20-14(9)22)6-18-13-5-12(16)21-15-11(17)7-19-23(13)15/h2-5,7-8,18H,6H2,1H3. The summed E-state index contributed by atoms with van der Waals surface area (Å²) in [6.45, 7) is 2.63. The summed E-state index contributed by atoms with van der Waals surface area (Å²) in [5.74, 6) is 0.789. The zero-order valence-electron chi connectivity index (χ0n) is 12.2. The number of rotatable bonds is 3. The number of hydrogen-bond acceptors (Lipinski definition) is 4. The van der Waals surface area contributed by atoms with Gasteiger partial charge in [-0.3, -0.25) is 0 Å². The van der Waals surface area contributed by atoms with Crippen LogP contribution in [0, 0.1) is 10.5 Å². The van der Waals surface area contributed by atoms with E-state index in [0.29, 0.717) is 11.7 Å². The number of anilines is 1. The molecule has 0 aliphatic heterocycles. The lowest BCUT2D eigenvalue weighted by Crippen LogP contribution is -2.06. The third-order valence-corrected chi connectivity index (χ3v) is 4.53. The Morgan fingerprint density at radius 1 is 1.30 bits per heavy atom. The van der Waals surface area contributed by atoms with Crippen LogP contribution in [-0.4, -0.2) is 24.0 Å². The molecule has 0 aliphatic carbocycles. The Kier molecular flexibility index (Phi) is 3.61. The van der Waals surface area contributed by atoms with Crippen LogP contribution >= 0.6 is 34.2 Å². The highest BCUT2D eigenvalue weighted by Gasteiger charge is 2.10. The summed E-state index contributed by atoms with van der Waals surface area (Å²) in [5, 5.41) is 8.10. The van der Waals surface area contributed by atoms with Crippen molar-refractivity contribution in [2.45, 2.75) is 13.5 Å². The second-order valence-electron chi connectivity index (χ2n) is 5.20. The molecule has 0 fully saturated rings. The van der Waals surface area contributed by atoms with Gasteiger partial charge in [0.15, 0.2) is 5.65 Å². The molecule has 4 aromatic heterocycles. The molecule has 4 heterocycles. The SMILES string of the molecule is Cc1cccn2cc(CNc3cc(Cl)nc4c(I)cnn34)nc12. The van der Waals surface area contributed by atoms with Crippen molar-refractivity contribution in [2.75, 3.05) is 5.32 Å². The lowest BCUT2D eigenvalue weighted by atomic mass is 10.3. The second-order valence-corrected chi connectivity index (χ2v) is 6.75. The van der Waals surface area contributed by atoms with E-state index in [0.717, 1.165) is 31.9 Å². The van der Waals surface area contributed by atoms with Crippen LogP contribution in [0.4, 0.5) is 5.82 Å². The Bertz CT molecular complexity index is 1020. The molecule has 0 bridgehead atoms. The number of hydrogen-bond donors (Lipinski definition) is 1. The smallest absolute Gasteiger partial charge is 0.172 e. The topological polar surface area (TPSA) is 59.5 Å². The summed E-state index contributed by atoms with van der Waals surface area (Å²) < 4.78 is 4.73. The van der Waals surface area contributed by atoms with Crippen molar-refractivity contribution in [3.05, 3.63) is 56.8 Å². The van der Waals surface area contributed by atoms with Gasteiger partial charge in [-0.15, -0.1) is 0 Å². The van der Waals surface area contributed by atoms with Gasteiger partial charge in [0.2, 0.25) is 0 Å². The third-order valence-electron chi connectivity index (χ3n) is 3.58. The summed E-state index contributed by atoms with van der Waals surface area (Å²) in [6, 6.07) is 5.83. The summed E-state index contributed by atoms with van der Waals surface area (Å²) in [7, 11) is 0. The van der Waals surface area contributed by atoms with Gasteiger partial charge in [0, 0.05) is 18.5 Å². The van der Waals surface area contributed by atoms with Crippen LogP contribution in [0.5, 0.6) is 0 Å². The van der Waals surface area contributed by atoms with Gasteiger partial charge in [0.25, 0.3) is 0 Å². The number of aryl methyl sites for hydroxylation is 1. The molecule has 0 amide bonds. The van der Waals surface area contributed by atoms with E-state index in [1.165, 1.54) is 0 Å². The first kappa shape index (κ1) is 14.7. The van der Waals surface area contributed by atoms with Crippen molar-refractivity contribution in [3.8, 4) is 0 Å². The number of pyridine rings is 1. The number of nitrogens with zero attached hydrogens (tertiary/aromatic N) is 5. The Hall–Kier alpha value is -1.87. The van der Waals surface area contributed by atoms with E-state index >= 15 is 0 Å². The third kappa shape index (κ3) is 2.63. The summed E-state index contributed by atoms with van der Waals surface area (Å²) in [5.41, 5.74) is 3.80. The molecule has 0 unspecified atom stereocenters. The maximum absolute atomic E-state index is 6.10. The minimum Gasteiger partial charge on any atom is -0.364 e. The molecule has 0 atom stereocenters. The van der Waals surface area contributed by atoms with Gasteiger partial charge >= 0.3 is 0 Å². The van der Waals surface area contributed by atoms with Crippen LogP contribution in [0.2, 0.25) is 5.15 Å². The molecule has 8 heteroatoms. The molecule has 6 nitrogen and oxygen atoms in total. The van der Waals surface area contributed by atoms with E-state index in [1.54, 1.807) is 16.8 Å². The monoisotopic (exact) mass is 438 g/mol. The largest absolute Gasteiger partial charge is 0.364 e. The van der Waals surface area contributed by atoms with Crippen molar-refractivity contribution in [1.29, 1.82) is 0 Å². The van der Waals surface area contributed by atoms with Crippen LogP contribution < -0.4 is 5.32 Å². The lowest BCUT2D eigenvalue weighted by Gasteiger charge is -2.07. The van der Waals surface area contributed by atoms with E-state index in [1.807, 2.05) is 22.9 Å². The molecule has 0 aromatic carbocycles. The van der Waals surface area contributed by atoms with E-state index < -0.39 is 0 Å². The quantitative estimate of drug-likeness (QED) is 0.393. The van der Waals surface area contributed by atoms with Gasteiger partial charge in [-0.1, -0.05) is 17.7 Å². The molecule has 4 rings (SSSR count). The molecule has 0 saturated heterocycles. The highest BCUT2D eigenvalue weighted by atomic mass is 127. The molecule has 4 aromatic rings. The maximum atomic E-state index is 6.10. The van der Waals surface area contributed by atoms with Gasteiger partial charge < -0.3 is 9.72 Å². The Morgan fingerprint density at radius 2 is 2.17 bits per heavy atom. The molecule has 0 spiro atoms. The van der Waals surface area contributed by atoms with Crippen molar-refractivity contribution < 1.29 is 0 Å². The zero-order chi connectivity index (χ0) is 16.0. The molecular weight excluding hydrogens is 427 g/mol. The van der Waals surface area contributed by atoms with Gasteiger partial charge in [0.1, 0.15) is 16.6 Å². The summed E-state index contributed by atoms with van der Waals surface area (Å²) >= 11 is 8.30. The first-order chi connectivity index (χ1) is 11.1. The number of nitrogens with one attached hydrogen (secondary N) is 1. The average Bonchev–Trinajstić information content (AvgIpc) is 3.10. The van der Waals surface area contributed by atoms with Crippen LogP contribution in [0.3, 0.4) is 0 Å². The second kappa shape index (κ2) is 5.64. The zero-order valence-corrected chi connectivity index (χ0v) is 15.1. The summed E-state index contributed by atoms with van der Waals surface area (Å²) in [6.07, 6.45) is 5.77. The first-order valence-electron chi connectivity index (χ1n) is 6.98. The fourth-order valence-corrected chi connectivity index (χ4v) is 3.16. The average molecular weight is 439 g/mol. The van der Waals surface area contributed by atoms with E-state index in [2.05, 4.69) is 56.0 Å². The Balaban J connectivity index is 1.67. The van der Waals surface area contributed by atoms with E-state index in [-0.39, 0.29) is 0 Å². The molecule has 23 heavy (non-hydrogen) atoms. The van der Waals surface area contributed by atoms with Crippen molar-refractivity contribution in [3.63, 3.8) is 0 Å².